The third-order valence-corrected chi connectivity index (χ3v) is 1.70. The zero-order valence-electron chi connectivity index (χ0n) is 8.77. The summed E-state index contributed by atoms with van der Waals surface area (Å²) in [5.41, 5.74) is 0.823. The average molecular weight is 207 g/mol. The molecule has 0 radical (unpaired) electrons. The molecule has 15 heavy (non-hydrogen) atoms. The molecule has 0 bridgehead atoms. The van der Waals surface area contributed by atoms with Gasteiger partial charge in [-0.1, -0.05) is 0 Å². The zero-order valence-corrected chi connectivity index (χ0v) is 8.77. The Bertz CT molecular complexity index is 343. The quantitative estimate of drug-likeness (QED) is 0.714. The van der Waals surface area contributed by atoms with E-state index in [2.05, 4.69) is 9.73 Å². The number of benzene rings is 1. The molecule has 0 unspecified atom stereocenters. The molecule has 0 spiro atoms. The lowest BCUT2D eigenvalue weighted by Crippen LogP contribution is -1.98. The number of carbonyl (C=O) groups excluding carboxylic acids is 1. The van der Waals surface area contributed by atoms with Gasteiger partial charge in [-0.05, 0) is 36.8 Å². The summed E-state index contributed by atoms with van der Waals surface area (Å²) in [6.45, 7) is 2.07. The van der Waals surface area contributed by atoms with Crippen molar-refractivity contribution in [2.45, 2.75) is 6.92 Å². The van der Waals surface area contributed by atoms with Gasteiger partial charge in [0.1, 0.15) is 5.75 Å². The predicted octanol–water partition coefficient (Wildman–Crippen LogP) is 2.27. The molecular weight excluding hydrogens is 194 g/mol. The van der Waals surface area contributed by atoms with E-state index in [1.807, 2.05) is 12.1 Å². The Labute approximate surface area is 88.5 Å². The van der Waals surface area contributed by atoms with Gasteiger partial charge in [0, 0.05) is 6.21 Å². The van der Waals surface area contributed by atoms with Crippen LogP contribution in [0, 0.1) is 0 Å². The van der Waals surface area contributed by atoms with Gasteiger partial charge in [-0.3, -0.25) is 0 Å². The Hall–Kier alpha value is -1.84. The van der Waals surface area contributed by atoms with Crippen LogP contribution in [0.2, 0.25) is 0 Å². The number of aliphatic imine (C=N–C) groups is 1. The molecule has 0 aliphatic rings. The summed E-state index contributed by atoms with van der Waals surface area (Å²) in [5, 5.41) is 0. The van der Waals surface area contributed by atoms with E-state index in [0.717, 1.165) is 11.3 Å². The van der Waals surface area contributed by atoms with E-state index in [4.69, 9.17) is 4.74 Å². The van der Waals surface area contributed by atoms with Crippen molar-refractivity contribution in [3.05, 3.63) is 29.8 Å². The molecule has 80 valence electrons. The highest BCUT2D eigenvalue weighted by Crippen LogP contribution is 2.09. The van der Waals surface area contributed by atoms with Crippen molar-refractivity contribution >= 4 is 12.3 Å². The van der Waals surface area contributed by atoms with Gasteiger partial charge in [-0.15, -0.1) is 0 Å². The number of ether oxygens (including phenoxy) is 2. The van der Waals surface area contributed by atoms with Crippen LogP contribution in [0.5, 0.6) is 5.75 Å². The van der Waals surface area contributed by atoms with E-state index >= 15 is 0 Å². The van der Waals surface area contributed by atoms with Crippen LogP contribution in [0.4, 0.5) is 4.79 Å². The van der Waals surface area contributed by atoms with Gasteiger partial charge >= 0.3 is 6.09 Å². The molecule has 0 saturated carbocycles. The highest BCUT2D eigenvalue weighted by molar-refractivity contribution is 5.88. The maximum absolute atomic E-state index is 10.9. The van der Waals surface area contributed by atoms with Gasteiger partial charge in [0.05, 0.1) is 13.7 Å². The Morgan fingerprint density at radius 1 is 1.40 bits per heavy atom. The van der Waals surface area contributed by atoms with Crippen molar-refractivity contribution in [3.8, 4) is 5.75 Å². The summed E-state index contributed by atoms with van der Waals surface area (Å²) in [6.07, 6.45) is 0.880. The van der Waals surface area contributed by atoms with Crippen LogP contribution in [0.15, 0.2) is 29.3 Å². The molecule has 0 heterocycles. The maximum Gasteiger partial charge on any atom is 0.433 e. The number of amides is 1. The number of carbonyl (C=O) groups is 1. The molecule has 0 aliphatic carbocycles. The summed E-state index contributed by atoms with van der Waals surface area (Å²) in [5.74, 6) is 0.767. The van der Waals surface area contributed by atoms with E-state index in [1.54, 1.807) is 26.2 Å². The number of nitrogens with zero attached hydrogens (tertiary/aromatic N) is 1. The lowest BCUT2D eigenvalue weighted by Gasteiger charge is -1.98. The maximum atomic E-state index is 10.9. The third-order valence-electron chi connectivity index (χ3n) is 1.70. The largest absolute Gasteiger partial charge is 0.497 e. The van der Waals surface area contributed by atoms with Gasteiger partial charge in [-0.2, -0.15) is 4.99 Å². The van der Waals surface area contributed by atoms with Crippen LogP contribution >= 0.6 is 0 Å². The first kappa shape index (κ1) is 11.2. The molecule has 0 atom stereocenters. The molecule has 4 heteroatoms. The molecule has 0 N–H and O–H groups in total. The zero-order chi connectivity index (χ0) is 11.1. The normalized spacial score (nSPS) is 10.3. The van der Waals surface area contributed by atoms with E-state index in [9.17, 15) is 4.79 Å². The second kappa shape index (κ2) is 5.80. The molecule has 1 aromatic carbocycles. The van der Waals surface area contributed by atoms with Crippen LogP contribution in [0.1, 0.15) is 12.5 Å². The first-order valence-corrected chi connectivity index (χ1v) is 4.61. The van der Waals surface area contributed by atoms with Crippen LogP contribution < -0.4 is 4.74 Å². The number of hydrogen-bond acceptors (Lipinski definition) is 3. The van der Waals surface area contributed by atoms with E-state index in [0.29, 0.717) is 6.61 Å². The van der Waals surface area contributed by atoms with Crippen molar-refractivity contribution in [3.63, 3.8) is 0 Å². The van der Waals surface area contributed by atoms with E-state index < -0.39 is 6.09 Å². The van der Waals surface area contributed by atoms with Crippen molar-refractivity contribution in [2.75, 3.05) is 13.7 Å². The minimum atomic E-state index is -0.576. The Morgan fingerprint density at radius 3 is 2.60 bits per heavy atom. The number of methoxy groups -OCH3 is 1. The third kappa shape index (κ3) is 3.81. The minimum Gasteiger partial charge on any atom is -0.497 e. The fourth-order valence-corrected chi connectivity index (χ4v) is 0.978. The SMILES string of the molecule is CCOC(=O)N=Cc1ccc(OC)cc1. The number of hydrogen-bond donors (Lipinski definition) is 0. The topological polar surface area (TPSA) is 47.9 Å². The van der Waals surface area contributed by atoms with Gasteiger partial charge in [-0.25, -0.2) is 4.79 Å². The molecular formula is C11H13NO3. The van der Waals surface area contributed by atoms with Gasteiger partial charge in [0.15, 0.2) is 0 Å². The van der Waals surface area contributed by atoms with Crippen molar-refractivity contribution in [2.24, 2.45) is 4.99 Å². The summed E-state index contributed by atoms with van der Waals surface area (Å²) >= 11 is 0. The lowest BCUT2D eigenvalue weighted by atomic mass is 10.2. The molecule has 0 fully saturated rings. The fourth-order valence-electron chi connectivity index (χ4n) is 0.978. The predicted molar refractivity (Wildman–Crippen MR) is 57.6 cm³/mol. The van der Waals surface area contributed by atoms with Gasteiger partial charge < -0.3 is 9.47 Å². The molecule has 0 saturated heterocycles. The highest BCUT2D eigenvalue weighted by atomic mass is 16.5. The molecule has 1 amide bonds. The summed E-state index contributed by atoms with van der Waals surface area (Å²) in [7, 11) is 1.60. The lowest BCUT2D eigenvalue weighted by molar-refractivity contribution is 0.164. The number of rotatable bonds is 3. The second-order valence-corrected chi connectivity index (χ2v) is 2.73. The molecule has 0 aromatic heterocycles. The van der Waals surface area contributed by atoms with E-state index in [1.165, 1.54) is 6.21 Å². The van der Waals surface area contributed by atoms with Crippen LogP contribution in [0.3, 0.4) is 0 Å². The molecule has 1 rings (SSSR count). The van der Waals surface area contributed by atoms with Crippen molar-refractivity contribution in [1.29, 1.82) is 0 Å². The first-order chi connectivity index (χ1) is 7.26. The van der Waals surface area contributed by atoms with Crippen molar-refractivity contribution < 1.29 is 14.3 Å². The average Bonchev–Trinajstić information content (AvgIpc) is 2.27. The second-order valence-electron chi connectivity index (χ2n) is 2.73. The van der Waals surface area contributed by atoms with Gasteiger partial charge in [0.25, 0.3) is 0 Å². The van der Waals surface area contributed by atoms with Crippen molar-refractivity contribution in [1.82, 2.24) is 0 Å². The minimum absolute atomic E-state index is 0.332. The van der Waals surface area contributed by atoms with Gasteiger partial charge in [0.2, 0.25) is 0 Å². The molecule has 0 aliphatic heterocycles. The summed E-state index contributed by atoms with van der Waals surface area (Å²) in [4.78, 5) is 14.5. The van der Waals surface area contributed by atoms with Crippen LogP contribution in [-0.2, 0) is 4.74 Å². The Kier molecular flexibility index (Phi) is 4.34. The Balaban J connectivity index is 2.60. The standard InChI is InChI=1S/C11H13NO3/c1-3-15-11(13)12-8-9-4-6-10(14-2)7-5-9/h4-8H,3H2,1-2H3. The van der Waals surface area contributed by atoms with Crippen LogP contribution in [0.25, 0.3) is 0 Å². The molecule has 1 aromatic rings. The summed E-state index contributed by atoms with van der Waals surface area (Å²) in [6, 6.07) is 7.21. The smallest absolute Gasteiger partial charge is 0.433 e. The van der Waals surface area contributed by atoms with Crippen LogP contribution in [-0.4, -0.2) is 26.0 Å². The Morgan fingerprint density at radius 2 is 2.07 bits per heavy atom. The fraction of sp³-hybridized carbons (Fsp3) is 0.273. The first-order valence-electron chi connectivity index (χ1n) is 4.61. The molecule has 4 nitrogen and oxygen atoms in total. The van der Waals surface area contributed by atoms with E-state index in [-0.39, 0.29) is 0 Å². The monoisotopic (exact) mass is 207 g/mol. The highest BCUT2D eigenvalue weighted by Gasteiger charge is 1.95. The summed E-state index contributed by atoms with van der Waals surface area (Å²) < 4.78 is 9.64.